The summed E-state index contributed by atoms with van der Waals surface area (Å²) in [6.45, 7) is 1.53. The number of ether oxygens (including phenoxy) is 2. The van der Waals surface area contributed by atoms with Crippen LogP contribution in [0.2, 0.25) is 0 Å². The standard InChI is InChI=1S/C10H13NO2/c11-6-5-8-7-12-9-3-1-2-4-10(9)13-8/h1-4,8H,5-7,11H2/p+1/t8-/m1/s1. The van der Waals surface area contributed by atoms with Crippen molar-refractivity contribution in [3.8, 4) is 11.5 Å². The van der Waals surface area contributed by atoms with Crippen molar-refractivity contribution in [1.29, 1.82) is 0 Å². The average Bonchev–Trinajstić information content (AvgIpc) is 2.18. The fourth-order valence-corrected chi connectivity index (χ4v) is 1.43. The lowest BCUT2D eigenvalue weighted by Gasteiger charge is -2.25. The first-order valence-electron chi connectivity index (χ1n) is 4.58. The van der Waals surface area contributed by atoms with Gasteiger partial charge in [-0.1, -0.05) is 12.1 Å². The SMILES string of the molecule is [NH3+]CC[C@@H]1COc2ccccc2O1. The zero-order valence-corrected chi connectivity index (χ0v) is 7.53. The van der Waals surface area contributed by atoms with Crippen LogP contribution in [-0.2, 0) is 0 Å². The van der Waals surface area contributed by atoms with Crippen LogP contribution in [0.1, 0.15) is 6.42 Å². The molecule has 1 atom stereocenters. The summed E-state index contributed by atoms with van der Waals surface area (Å²) in [5.41, 5.74) is 3.80. The summed E-state index contributed by atoms with van der Waals surface area (Å²) in [4.78, 5) is 0. The van der Waals surface area contributed by atoms with Gasteiger partial charge >= 0.3 is 0 Å². The molecular formula is C10H14NO2+. The lowest BCUT2D eigenvalue weighted by Crippen LogP contribution is -2.52. The molecule has 3 nitrogen and oxygen atoms in total. The van der Waals surface area contributed by atoms with Crippen LogP contribution in [0.5, 0.6) is 11.5 Å². The van der Waals surface area contributed by atoms with Crippen LogP contribution in [0.25, 0.3) is 0 Å². The Labute approximate surface area is 77.5 Å². The van der Waals surface area contributed by atoms with Crippen LogP contribution in [-0.4, -0.2) is 19.3 Å². The van der Waals surface area contributed by atoms with Gasteiger partial charge < -0.3 is 15.2 Å². The van der Waals surface area contributed by atoms with Gasteiger partial charge in [-0.2, -0.15) is 0 Å². The maximum atomic E-state index is 5.71. The van der Waals surface area contributed by atoms with E-state index in [0.29, 0.717) is 6.61 Å². The number of rotatable bonds is 2. The summed E-state index contributed by atoms with van der Waals surface area (Å²) >= 11 is 0. The normalized spacial score (nSPS) is 19.9. The largest absolute Gasteiger partial charge is 0.486 e. The third-order valence-electron chi connectivity index (χ3n) is 2.09. The van der Waals surface area contributed by atoms with Crippen molar-refractivity contribution in [3.63, 3.8) is 0 Å². The number of para-hydroxylation sites is 2. The predicted molar refractivity (Wildman–Crippen MR) is 48.7 cm³/mol. The van der Waals surface area contributed by atoms with Gasteiger partial charge in [-0.25, -0.2) is 0 Å². The third-order valence-corrected chi connectivity index (χ3v) is 2.09. The van der Waals surface area contributed by atoms with Gasteiger partial charge in [0.25, 0.3) is 0 Å². The zero-order valence-electron chi connectivity index (χ0n) is 7.53. The van der Waals surface area contributed by atoms with Crippen LogP contribution in [0.15, 0.2) is 24.3 Å². The van der Waals surface area contributed by atoms with Gasteiger partial charge in [0.2, 0.25) is 0 Å². The fourth-order valence-electron chi connectivity index (χ4n) is 1.43. The summed E-state index contributed by atoms with van der Waals surface area (Å²) < 4.78 is 11.2. The van der Waals surface area contributed by atoms with Crippen molar-refractivity contribution < 1.29 is 15.2 Å². The van der Waals surface area contributed by atoms with Crippen molar-refractivity contribution in [1.82, 2.24) is 0 Å². The summed E-state index contributed by atoms with van der Waals surface area (Å²) in [5, 5.41) is 0. The molecule has 13 heavy (non-hydrogen) atoms. The second-order valence-corrected chi connectivity index (χ2v) is 3.14. The van der Waals surface area contributed by atoms with Crippen molar-refractivity contribution in [2.45, 2.75) is 12.5 Å². The number of quaternary nitrogens is 1. The fraction of sp³-hybridized carbons (Fsp3) is 0.400. The van der Waals surface area contributed by atoms with E-state index in [1.165, 1.54) is 0 Å². The second kappa shape index (κ2) is 3.66. The molecule has 2 rings (SSSR count). The molecule has 1 aliphatic heterocycles. The minimum absolute atomic E-state index is 0.174. The monoisotopic (exact) mass is 180 g/mol. The Morgan fingerprint density at radius 1 is 1.31 bits per heavy atom. The Kier molecular flexibility index (Phi) is 2.36. The molecule has 0 amide bonds. The Balaban J connectivity index is 2.11. The summed E-state index contributed by atoms with van der Waals surface area (Å²) in [6, 6.07) is 7.76. The number of benzene rings is 1. The molecule has 0 aromatic heterocycles. The number of hydrogen-bond donors (Lipinski definition) is 1. The molecule has 1 aromatic carbocycles. The molecular weight excluding hydrogens is 166 g/mol. The van der Waals surface area contributed by atoms with Crippen LogP contribution in [0.3, 0.4) is 0 Å². The molecule has 0 aliphatic carbocycles. The van der Waals surface area contributed by atoms with Gasteiger partial charge in [-0.15, -0.1) is 0 Å². The maximum absolute atomic E-state index is 5.71. The van der Waals surface area contributed by atoms with Crippen LogP contribution in [0.4, 0.5) is 0 Å². The molecule has 1 aliphatic rings. The molecule has 0 saturated heterocycles. The van der Waals surface area contributed by atoms with E-state index in [1.807, 2.05) is 24.3 Å². The van der Waals surface area contributed by atoms with Crippen molar-refractivity contribution in [2.75, 3.05) is 13.2 Å². The lowest BCUT2D eigenvalue weighted by atomic mass is 10.2. The molecule has 3 heteroatoms. The highest BCUT2D eigenvalue weighted by Gasteiger charge is 2.19. The van der Waals surface area contributed by atoms with Crippen LogP contribution < -0.4 is 15.2 Å². The van der Waals surface area contributed by atoms with E-state index in [-0.39, 0.29) is 6.10 Å². The van der Waals surface area contributed by atoms with Gasteiger partial charge in [0.15, 0.2) is 11.5 Å². The molecule has 0 radical (unpaired) electrons. The molecule has 1 heterocycles. The Morgan fingerprint density at radius 2 is 2.08 bits per heavy atom. The van der Waals surface area contributed by atoms with E-state index in [0.717, 1.165) is 24.5 Å². The van der Waals surface area contributed by atoms with Gasteiger partial charge in [0.05, 0.1) is 6.54 Å². The minimum Gasteiger partial charge on any atom is -0.486 e. The van der Waals surface area contributed by atoms with E-state index in [9.17, 15) is 0 Å². The lowest BCUT2D eigenvalue weighted by molar-refractivity contribution is -0.371. The molecule has 0 saturated carbocycles. The molecule has 70 valence electrons. The van der Waals surface area contributed by atoms with Crippen LogP contribution >= 0.6 is 0 Å². The van der Waals surface area contributed by atoms with E-state index in [2.05, 4.69) is 5.73 Å². The maximum Gasteiger partial charge on any atom is 0.161 e. The number of fused-ring (bicyclic) bond motifs is 1. The second-order valence-electron chi connectivity index (χ2n) is 3.14. The van der Waals surface area contributed by atoms with Gasteiger partial charge in [-0.05, 0) is 12.1 Å². The molecule has 0 fully saturated rings. The zero-order chi connectivity index (χ0) is 9.10. The van der Waals surface area contributed by atoms with E-state index in [4.69, 9.17) is 9.47 Å². The molecule has 0 spiro atoms. The van der Waals surface area contributed by atoms with Gasteiger partial charge in [-0.3, -0.25) is 0 Å². The van der Waals surface area contributed by atoms with Crippen LogP contribution in [0, 0.1) is 0 Å². The highest BCUT2D eigenvalue weighted by atomic mass is 16.6. The van der Waals surface area contributed by atoms with Crippen molar-refractivity contribution in [2.24, 2.45) is 0 Å². The highest BCUT2D eigenvalue weighted by molar-refractivity contribution is 5.40. The third kappa shape index (κ3) is 1.75. The minimum atomic E-state index is 0.174. The summed E-state index contributed by atoms with van der Waals surface area (Å²) in [5.74, 6) is 1.70. The van der Waals surface area contributed by atoms with E-state index >= 15 is 0 Å². The topological polar surface area (TPSA) is 46.1 Å². The first-order valence-corrected chi connectivity index (χ1v) is 4.58. The summed E-state index contributed by atoms with van der Waals surface area (Å²) in [7, 11) is 0. The predicted octanol–water partition coefficient (Wildman–Crippen LogP) is 0.458. The highest BCUT2D eigenvalue weighted by Crippen LogP contribution is 2.31. The molecule has 0 unspecified atom stereocenters. The Bertz CT molecular complexity index is 288. The van der Waals surface area contributed by atoms with E-state index in [1.54, 1.807) is 0 Å². The molecule has 3 N–H and O–H groups in total. The average molecular weight is 180 g/mol. The van der Waals surface area contributed by atoms with Gasteiger partial charge in [0, 0.05) is 6.42 Å². The smallest absolute Gasteiger partial charge is 0.161 e. The Morgan fingerprint density at radius 3 is 2.85 bits per heavy atom. The van der Waals surface area contributed by atoms with E-state index < -0.39 is 0 Å². The molecule has 0 bridgehead atoms. The molecule has 1 aromatic rings. The number of hydrogen-bond acceptors (Lipinski definition) is 2. The Hall–Kier alpha value is -1.22. The van der Waals surface area contributed by atoms with Crippen molar-refractivity contribution >= 4 is 0 Å². The first-order chi connectivity index (χ1) is 6.40. The first kappa shape index (κ1) is 8.38. The summed E-state index contributed by atoms with van der Waals surface area (Å²) in [6.07, 6.45) is 1.13. The quantitative estimate of drug-likeness (QED) is 0.718. The van der Waals surface area contributed by atoms with Gasteiger partial charge in [0.1, 0.15) is 12.7 Å². The van der Waals surface area contributed by atoms with Crippen molar-refractivity contribution in [3.05, 3.63) is 24.3 Å².